The first-order valence-electron chi connectivity index (χ1n) is 7.48. The van der Waals surface area contributed by atoms with E-state index in [0.717, 1.165) is 6.42 Å². The molecule has 0 radical (unpaired) electrons. The largest absolute Gasteiger partial charge is 0.465 e. The number of rotatable bonds is 2. The van der Waals surface area contributed by atoms with E-state index in [1.807, 2.05) is 12.1 Å². The molecule has 0 unspecified atom stereocenters. The van der Waals surface area contributed by atoms with Gasteiger partial charge in [0.15, 0.2) is 0 Å². The molecule has 118 valence electrons. The molecule has 1 aliphatic heterocycles. The van der Waals surface area contributed by atoms with Crippen LogP contribution in [-0.2, 0) is 17.7 Å². The minimum Gasteiger partial charge on any atom is -0.465 e. The summed E-state index contributed by atoms with van der Waals surface area (Å²) in [5.74, 6) is -0.393. The summed E-state index contributed by atoms with van der Waals surface area (Å²) >= 11 is 0. The van der Waals surface area contributed by atoms with Gasteiger partial charge in [-0.15, -0.1) is 0 Å². The van der Waals surface area contributed by atoms with Crippen molar-refractivity contribution in [3.05, 3.63) is 65.2 Å². The summed E-state index contributed by atoms with van der Waals surface area (Å²) in [5, 5.41) is 2.86. The summed E-state index contributed by atoms with van der Waals surface area (Å²) in [6.07, 6.45) is 0.866. The molecule has 0 spiro atoms. The number of hydrogen-bond donors (Lipinski definition) is 1. The molecule has 0 saturated heterocycles. The Kier molecular flexibility index (Phi) is 4.28. The molecule has 0 fully saturated rings. The van der Waals surface area contributed by atoms with Gasteiger partial charge < -0.3 is 15.0 Å². The first-order chi connectivity index (χ1) is 11.2. The highest BCUT2D eigenvalue weighted by Gasteiger charge is 2.20. The molecule has 5 heteroatoms. The van der Waals surface area contributed by atoms with E-state index in [2.05, 4.69) is 22.2 Å². The van der Waals surface area contributed by atoms with Crippen LogP contribution < -0.4 is 5.32 Å². The summed E-state index contributed by atoms with van der Waals surface area (Å²) in [5.41, 5.74) is 3.60. The van der Waals surface area contributed by atoms with Crippen LogP contribution >= 0.6 is 0 Å². The Hall–Kier alpha value is -2.82. The van der Waals surface area contributed by atoms with Crippen molar-refractivity contribution in [1.82, 2.24) is 4.90 Å². The number of benzene rings is 2. The Morgan fingerprint density at radius 3 is 2.43 bits per heavy atom. The average molecular weight is 310 g/mol. The third kappa shape index (κ3) is 3.34. The van der Waals surface area contributed by atoms with E-state index in [1.165, 1.54) is 18.2 Å². The molecule has 1 heterocycles. The van der Waals surface area contributed by atoms with Crippen LogP contribution in [0.4, 0.5) is 10.5 Å². The minimum atomic E-state index is -0.393. The molecule has 0 atom stereocenters. The number of hydrogen-bond acceptors (Lipinski definition) is 3. The molecule has 0 bridgehead atoms. The second-order valence-corrected chi connectivity index (χ2v) is 5.44. The van der Waals surface area contributed by atoms with Gasteiger partial charge in [-0.2, -0.15) is 0 Å². The zero-order chi connectivity index (χ0) is 16.2. The Morgan fingerprint density at radius 2 is 1.74 bits per heavy atom. The number of urea groups is 1. The third-order valence-electron chi connectivity index (χ3n) is 3.98. The van der Waals surface area contributed by atoms with Gasteiger partial charge in [-0.3, -0.25) is 0 Å². The van der Waals surface area contributed by atoms with Gasteiger partial charge in [-0.25, -0.2) is 9.59 Å². The minimum absolute atomic E-state index is 0.134. The van der Waals surface area contributed by atoms with E-state index in [-0.39, 0.29) is 6.03 Å². The number of amides is 2. The molecular weight excluding hydrogens is 292 g/mol. The number of methoxy groups -OCH3 is 1. The lowest BCUT2D eigenvalue weighted by molar-refractivity contribution is 0.0601. The maximum Gasteiger partial charge on any atom is 0.337 e. The highest BCUT2D eigenvalue weighted by molar-refractivity contribution is 5.92. The fourth-order valence-corrected chi connectivity index (χ4v) is 2.68. The second-order valence-electron chi connectivity index (χ2n) is 5.44. The number of esters is 1. The van der Waals surface area contributed by atoms with Crippen LogP contribution in [0.3, 0.4) is 0 Å². The summed E-state index contributed by atoms with van der Waals surface area (Å²) in [7, 11) is 1.34. The topological polar surface area (TPSA) is 58.6 Å². The first kappa shape index (κ1) is 15.1. The van der Waals surface area contributed by atoms with Crippen molar-refractivity contribution in [2.75, 3.05) is 19.0 Å². The molecule has 3 rings (SSSR count). The van der Waals surface area contributed by atoms with Crippen molar-refractivity contribution < 1.29 is 14.3 Å². The number of anilines is 1. The summed E-state index contributed by atoms with van der Waals surface area (Å²) < 4.78 is 4.65. The van der Waals surface area contributed by atoms with Gasteiger partial charge in [0.1, 0.15) is 0 Å². The predicted octanol–water partition coefficient (Wildman–Crippen LogP) is 3.06. The lowest BCUT2D eigenvalue weighted by Crippen LogP contribution is -2.38. The van der Waals surface area contributed by atoms with Gasteiger partial charge in [0.05, 0.1) is 12.7 Å². The monoisotopic (exact) mass is 310 g/mol. The number of carbonyl (C=O) groups excluding carboxylic acids is 2. The SMILES string of the molecule is COC(=O)c1ccc(NC(=O)N2CCc3ccccc3C2)cc1. The zero-order valence-corrected chi connectivity index (χ0v) is 12.9. The molecular formula is C18H18N2O3. The van der Waals surface area contributed by atoms with Crippen LogP contribution in [0.15, 0.2) is 48.5 Å². The Balaban J connectivity index is 1.65. The van der Waals surface area contributed by atoms with Crippen LogP contribution in [0.2, 0.25) is 0 Å². The quantitative estimate of drug-likeness (QED) is 0.867. The van der Waals surface area contributed by atoms with Gasteiger partial charge >= 0.3 is 12.0 Å². The molecule has 0 aromatic heterocycles. The molecule has 0 saturated carbocycles. The molecule has 2 aromatic rings. The normalized spacial score (nSPS) is 13.2. The average Bonchev–Trinajstić information content (AvgIpc) is 2.61. The number of nitrogens with zero attached hydrogens (tertiary/aromatic N) is 1. The molecule has 0 aliphatic carbocycles. The highest BCUT2D eigenvalue weighted by Crippen LogP contribution is 2.19. The van der Waals surface area contributed by atoms with Gasteiger partial charge in [-0.1, -0.05) is 24.3 Å². The van der Waals surface area contributed by atoms with Crippen LogP contribution in [0.25, 0.3) is 0 Å². The fraction of sp³-hybridized carbons (Fsp3) is 0.222. The van der Waals surface area contributed by atoms with Gasteiger partial charge in [0.25, 0.3) is 0 Å². The first-order valence-corrected chi connectivity index (χ1v) is 7.48. The third-order valence-corrected chi connectivity index (χ3v) is 3.98. The van der Waals surface area contributed by atoms with E-state index in [4.69, 9.17) is 0 Å². The predicted molar refractivity (Wildman–Crippen MR) is 87.4 cm³/mol. The summed E-state index contributed by atoms with van der Waals surface area (Å²) in [4.78, 5) is 25.6. The lowest BCUT2D eigenvalue weighted by atomic mass is 10.0. The van der Waals surface area contributed by atoms with E-state index < -0.39 is 5.97 Å². The summed E-state index contributed by atoms with van der Waals surface area (Å²) in [6.45, 7) is 1.31. The van der Waals surface area contributed by atoms with Crippen molar-refractivity contribution in [3.8, 4) is 0 Å². The smallest absolute Gasteiger partial charge is 0.337 e. The maximum absolute atomic E-state index is 12.4. The maximum atomic E-state index is 12.4. The molecule has 23 heavy (non-hydrogen) atoms. The van der Waals surface area contributed by atoms with Crippen molar-refractivity contribution in [1.29, 1.82) is 0 Å². The van der Waals surface area contributed by atoms with Gasteiger partial charge in [-0.05, 0) is 41.8 Å². The van der Waals surface area contributed by atoms with Crippen LogP contribution in [0, 0.1) is 0 Å². The van der Waals surface area contributed by atoms with Crippen molar-refractivity contribution >= 4 is 17.7 Å². The second kappa shape index (κ2) is 6.52. The van der Waals surface area contributed by atoms with Crippen LogP contribution in [0.1, 0.15) is 21.5 Å². The highest BCUT2D eigenvalue weighted by atomic mass is 16.5. The van der Waals surface area contributed by atoms with Gasteiger partial charge in [0.2, 0.25) is 0 Å². The number of fused-ring (bicyclic) bond motifs is 1. The van der Waals surface area contributed by atoms with Crippen molar-refractivity contribution in [2.45, 2.75) is 13.0 Å². The zero-order valence-electron chi connectivity index (χ0n) is 12.9. The molecule has 2 amide bonds. The fourth-order valence-electron chi connectivity index (χ4n) is 2.68. The molecule has 1 N–H and O–H groups in total. The van der Waals surface area contributed by atoms with E-state index >= 15 is 0 Å². The standard InChI is InChI=1S/C18H18N2O3/c1-23-17(21)14-6-8-16(9-7-14)19-18(22)20-11-10-13-4-2-3-5-15(13)12-20/h2-9H,10-12H2,1H3,(H,19,22). The Bertz CT molecular complexity index is 725. The number of ether oxygens (including phenoxy) is 1. The van der Waals surface area contributed by atoms with Gasteiger partial charge in [0, 0.05) is 18.8 Å². The molecule has 1 aliphatic rings. The van der Waals surface area contributed by atoms with Crippen molar-refractivity contribution in [3.63, 3.8) is 0 Å². The lowest BCUT2D eigenvalue weighted by Gasteiger charge is -2.29. The van der Waals surface area contributed by atoms with Crippen LogP contribution in [0.5, 0.6) is 0 Å². The van der Waals surface area contributed by atoms with Crippen LogP contribution in [-0.4, -0.2) is 30.6 Å². The molecule has 5 nitrogen and oxygen atoms in total. The Morgan fingerprint density at radius 1 is 1.04 bits per heavy atom. The number of nitrogens with one attached hydrogen (secondary N) is 1. The Labute approximate surface area is 134 Å². The van der Waals surface area contributed by atoms with Crippen molar-refractivity contribution in [2.24, 2.45) is 0 Å². The number of carbonyl (C=O) groups is 2. The summed E-state index contributed by atoms with van der Waals surface area (Å²) in [6, 6.07) is 14.7. The van der Waals surface area contributed by atoms with E-state index in [9.17, 15) is 9.59 Å². The van der Waals surface area contributed by atoms with E-state index in [1.54, 1.807) is 29.2 Å². The molecule has 2 aromatic carbocycles. The van der Waals surface area contributed by atoms with E-state index in [0.29, 0.717) is 24.3 Å².